The van der Waals surface area contributed by atoms with Crippen LogP contribution in [0.1, 0.15) is 34.3 Å². The lowest BCUT2D eigenvalue weighted by Crippen LogP contribution is -2.46. The highest BCUT2D eigenvalue weighted by molar-refractivity contribution is 7.14. The number of nitrogens with one attached hydrogen (secondary N) is 2. The van der Waals surface area contributed by atoms with E-state index < -0.39 is 0 Å². The van der Waals surface area contributed by atoms with Gasteiger partial charge in [-0.25, -0.2) is 0 Å². The Bertz CT molecular complexity index is 715. The molecule has 0 saturated carbocycles. The van der Waals surface area contributed by atoms with E-state index in [1.54, 1.807) is 18.4 Å². The van der Waals surface area contributed by atoms with Gasteiger partial charge in [-0.2, -0.15) is 0 Å². The van der Waals surface area contributed by atoms with Gasteiger partial charge in [0.2, 0.25) is 0 Å². The molecule has 1 fully saturated rings. The van der Waals surface area contributed by atoms with Crippen molar-refractivity contribution in [1.29, 1.82) is 0 Å². The second kappa shape index (κ2) is 8.70. The molecule has 3 rings (SSSR count). The number of hydrogen-bond donors (Lipinski definition) is 2. The lowest BCUT2D eigenvalue weighted by Gasteiger charge is -2.28. The number of piperidine rings is 1. The molecule has 1 amide bonds. The third-order valence-electron chi connectivity index (χ3n) is 4.50. The summed E-state index contributed by atoms with van der Waals surface area (Å²) in [5, 5.41) is 6.60. The summed E-state index contributed by atoms with van der Waals surface area (Å²) in [7, 11) is 1.66. The lowest BCUT2D eigenvalue weighted by atomic mass is 10.0. The topological polar surface area (TPSA) is 50.4 Å². The molecule has 0 bridgehead atoms. The summed E-state index contributed by atoms with van der Waals surface area (Å²) in [5.74, 6) is 0.881. The van der Waals surface area contributed by atoms with E-state index in [0.717, 1.165) is 46.0 Å². The number of hydrogen-bond acceptors (Lipinski definition) is 4. The van der Waals surface area contributed by atoms with Gasteiger partial charge >= 0.3 is 0 Å². The number of aryl methyl sites for hydroxylation is 1. The number of thiophene rings is 1. The molecule has 1 aromatic heterocycles. The fourth-order valence-corrected chi connectivity index (χ4v) is 4.12. The number of ether oxygens (including phenoxy) is 1. The van der Waals surface area contributed by atoms with Crippen LogP contribution in [0.4, 0.5) is 0 Å². The van der Waals surface area contributed by atoms with Gasteiger partial charge in [0.05, 0.1) is 12.0 Å². The van der Waals surface area contributed by atoms with E-state index in [2.05, 4.69) is 24.5 Å². The average Bonchev–Trinajstić information content (AvgIpc) is 2.97. The van der Waals surface area contributed by atoms with Crippen LogP contribution in [0.2, 0.25) is 0 Å². The summed E-state index contributed by atoms with van der Waals surface area (Å²) < 4.78 is 5.21. The first-order chi connectivity index (χ1) is 11.6. The SMILES string of the molecule is COc1ccc(-c2cc(C(=O)NC3CCNC(C)C3)sc2C)cc1.Cl. The third-order valence-corrected chi connectivity index (χ3v) is 5.55. The van der Waals surface area contributed by atoms with E-state index in [1.807, 2.05) is 30.3 Å². The zero-order valence-electron chi connectivity index (χ0n) is 14.8. The number of halogens is 1. The van der Waals surface area contributed by atoms with Crippen molar-refractivity contribution < 1.29 is 9.53 Å². The number of carbonyl (C=O) groups excluding carboxylic acids is 1. The van der Waals surface area contributed by atoms with Crippen LogP contribution in [-0.4, -0.2) is 31.6 Å². The first-order valence-corrected chi connectivity index (χ1v) is 9.17. The van der Waals surface area contributed by atoms with E-state index in [0.29, 0.717) is 6.04 Å². The maximum Gasteiger partial charge on any atom is 0.261 e. The van der Waals surface area contributed by atoms with Crippen LogP contribution >= 0.6 is 23.7 Å². The zero-order valence-corrected chi connectivity index (χ0v) is 16.4. The fraction of sp³-hybridized carbons (Fsp3) is 0.421. The summed E-state index contributed by atoms with van der Waals surface area (Å²) in [5.41, 5.74) is 2.23. The second-order valence-electron chi connectivity index (χ2n) is 6.36. The minimum Gasteiger partial charge on any atom is -0.497 e. The molecule has 0 spiro atoms. The van der Waals surface area contributed by atoms with Crippen LogP contribution in [0.25, 0.3) is 11.1 Å². The predicted molar refractivity (Wildman–Crippen MR) is 106 cm³/mol. The van der Waals surface area contributed by atoms with Crippen LogP contribution in [0.15, 0.2) is 30.3 Å². The van der Waals surface area contributed by atoms with E-state index >= 15 is 0 Å². The van der Waals surface area contributed by atoms with Crippen molar-refractivity contribution in [1.82, 2.24) is 10.6 Å². The molecule has 2 N–H and O–H groups in total. The molecule has 136 valence electrons. The Hall–Kier alpha value is -1.56. The monoisotopic (exact) mass is 380 g/mol. The Labute approximate surface area is 159 Å². The average molecular weight is 381 g/mol. The molecule has 25 heavy (non-hydrogen) atoms. The number of benzene rings is 1. The standard InChI is InChI=1S/C19H24N2O2S.ClH/c1-12-10-15(8-9-20-12)21-19(22)18-11-17(13(2)24-18)14-4-6-16(23-3)7-5-14;/h4-7,11-12,15,20H,8-10H2,1-3H3,(H,21,22);1H. The third kappa shape index (κ3) is 4.75. The number of amides is 1. The van der Waals surface area contributed by atoms with Crippen LogP contribution in [-0.2, 0) is 0 Å². The molecule has 0 radical (unpaired) electrons. The smallest absolute Gasteiger partial charge is 0.261 e. The van der Waals surface area contributed by atoms with Crippen LogP contribution in [0.5, 0.6) is 5.75 Å². The van der Waals surface area contributed by atoms with Gasteiger partial charge in [-0.1, -0.05) is 12.1 Å². The Morgan fingerprint density at radius 1 is 1.32 bits per heavy atom. The summed E-state index contributed by atoms with van der Waals surface area (Å²) >= 11 is 1.56. The summed E-state index contributed by atoms with van der Waals surface area (Å²) in [6.45, 7) is 5.19. The van der Waals surface area contributed by atoms with Crippen molar-refractivity contribution in [2.75, 3.05) is 13.7 Å². The largest absolute Gasteiger partial charge is 0.497 e. The fourth-order valence-electron chi connectivity index (χ4n) is 3.17. The highest BCUT2D eigenvalue weighted by atomic mass is 35.5. The van der Waals surface area contributed by atoms with Gasteiger partial charge in [0.1, 0.15) is 5.75 Å². The number of rotatable bonds is 4. The maximum atomic E-state index is 12.6. The van der Waals surface area contributed by atoms with Crippen molar-refractivity contribution in [3.05, 3.63) is 40.1 Å². The maximum absolute atomic E-state index is 12.6. The summed E-state index contributed by atoms with van der Waals surface area (Å²) in [6, 6.07) is 10.7. The van der Waals surface area contributed by atoms with E-state index in [9.17, 15) is 4.79 Å². The normalized spacial score (nSPS) is 19.8. The first kappa shape index (κ1) is 19.8. The number of methoxy groups -OCH3 is 1. The quantitative estimate of drug-likeness (QED) is 0.842. The van der Waals surface area contributed by atoms with Gasteiger partial charge in [0, 0.05) is 17.0 Å². The number of carbonyl (C=O) groups is 1. The van der Waals surface area contributed by atoms with Crippen molar-refractivity contribution in [3.63, 3.8) is 0 Å². The van der Waals surface area contributed by atoms with Gasteiger partial charge in [0.15, 0.2) is 0 Å². The molecule has 2 unspecified atom stereocenters. The highest BCUT2D eigenvalue weighted by Crippen LogP contribution is 2.32. The molecule has 2 atom stereocenters. The highest BCUT2D eigenvalue weighted by Gasteiger charge is 2.22. The molecule has 2 heterocycles. The molecular formula is C19H25ClN2O2S. The van der Waals surface area contributed by atoms with Gasteiger partial charge in [-0.15, -0.1) is 23.7 Å². The van der Waals surface area contributed by atoms with Crippen molar-refractivity contribution >= 4 is 29.7 Å². The molecule has 1 aromatic carbocycles. The van der Waals surface area contributed by atoms with Crippen molar-refractivity contribution in [2.24, 2.45) is 0 Å². The Morgan fingerprint density at radius 2 is 2.04 bits per heavy atom. The molecule has 1 saturated heterocycles. The van der Waals surface area contributed by atoms with Gasteiger partial charge in [-0.3, -0.25) is 4.79 Å². The van der Waals surface area contributed by atoms with Crippen molar-refractivity contribution in [2.45, 2.75) is 38.8 Å². The zero-order chi connectivity index (χ0) is 17.1. The lowest BCUT2D eigenvalue weighted by molar-refractivity contribution is 0.0930. The Balaban J connectivity index is 0.00000225. The van der Waals surface area contributed by atoms with Crippen molar-refractivity contribution in [3.8, 4) is 16.9 Å². The molecular weight excluding hydrogens is 356 g/mol. The van der Waals surface area contributed by atoms with Crippen LogP contribution < -0.4 is 15.4 Å². The van der Waals surface area contributed by atoms with E-state index in [4.69, 9.17) is 4.74 Å². The Morgan fingerprint density at radius 3 is 2.68 bits per heavy atom. The molecule has 4 nitrogen and oxygen atoms in total. The van der Waals surface area contributed by atoms with Gasteiger partial charge < -0.3 is 15.4 Å². The van der Waals surface area contributed by atoms with E-state index in [1.165, 1.54) is 0 Å². The first-order valence-electron chi connectivity index (χ1n) is 8.36. The molecule has 2 aromatic rings. The molecule has 1 aliphatic rings. The summed E-state index contributed by atoms with van der Waals surface area (Å²) in [4.78, 5) is 14.5. The van der Waals surface area contributed by atoms with E-state index in [-0.39, 0.29) is 24.4 Å². The molecule has 1 aliphatic heterocycles. The second-order valence-corrected chi connectivity index (χ2v) is 7.62. The van der Waals surface area contributed by atoms with Crippen LogP contribution in [0, 0.1) is 6.92 Å². The van der Waals surface area contributed by atoms with Gasteiger partial charge in [-0.05, 0) is 62.6 Å². The molecule has 6 heteroatoms. The Kier molecular flexibility index (Phi) is 6.87. The minimum atomic E-state index is 0. The minimum absolute atomic E-state index is 0. The summed E-state index contributed by atoms with van der Waals surface area (Å²) in [6.07, 6.45) is 1.98. The van der Waals surface area contributed by atoms with Gasteiger partial charge in [0.25, 0.3) is 5.91 Å². The van der Waals surface area contributed by atoms with Crippen LogP contribution in [0.3, 0.4) is 0 Å². The predicted octanol–water partition coefficient (Wildman–Crippen LogP) is 4.02. The molecule has 0 aliphatic carbocycles.